The summed E-state index contributed by atoms with van der Waals surface area (Å²) in [5.41, 5.74) is 0.0932. The second-order valence-corrected chi connectivity index (χ2v) is 5.51. The van der Waals surface area contributed by atoms with Gasteiger partial charge in [-0.15, -0.1) is 0 Å². The Morgan fingerprint density at radius 2 is 1.89 bits per heavy atom. The van der Waals surface area contributed by atoms with Crippen molar-refractivity contribution < 1.29 is 14.6 Å². The Bertz CT molecular complexity index is 420. The van der Waals surface area contributed by atoms with Crippen LogP contribution < -0.4 is 9.47 Å². The van der Waals surface area contributed by atoms with E-state index < -0.39 is 5.60 Å². The van der Waals surface area contributed by atoms with Crippen molar-refractivity contribution in [2.45, 2.75) is 32.3 Å². The topological polar surface area (TPSA) is 38.7 Å². The zero-order valence-electron chi connectivity index (χ0n) is 11.6. The summed E-state index contributed by atoms with van der Waals surface area (Å²) in [6, 6.07) is 5.59. The number of aliphatic hydroxyl groups is 1. The molecule has 1 saturated carbocycles. The van der Waals surface area contributed by atoms with E-state index in [0.29, 0.717) is 11.8 Å². The van der Waals surface area contributed by atoms with Crippen LogP contribution in [0.5, 0.6) is 11.5 Å². The minimum Gasteiger partial charge on any atom is -0.497 e. The minimum absolute atomic E-state index is 0.589. The Labute approximate surface area is 109 Å². The summed E-state index contributed by atoms with van der Waals surface area (Å²) in [6.45, 7) is 4.40. The smallest absolute Gasteiger partial charge is 0.125 e. The van der Waals surface area contributed by atoms with Gasteiger partial charge >= 0.3 is 0 Å². The molecule has 0 unspecified atom stereocenters. The third kappa shape index (κ3) is 2.19. The van der Waals surface area contributed by atoms with Gasteiger partial charge in [-0.05, 0) is 42.9 Å². The fourth-order valence-electron chi connectivity index (χ4n) is 2.68. The van der Waals surface area contributed by atoms with Crippen molar-refractivity contribution in [2.75, 3.05) is 14.2 Å². The van der Waals surface area contributed by atoms with E-state index in [2.05, 4.69) is 13.8 Å². The number of hydrogen-bond acceptors (Lipinski definition) is 3. The summed E-state index contributed by atoms with van der Waals surface area (Å²) < 4.78 is 10.6. The van der Waals surface area contributed by atoms with Crippen LogP contribution in [-0.2, 0) is 5.60 Å². The molecule has 0 bridgehead atoms. The first-order valence-corrected chi connectivity index (χ1v) is 6.45. The van der Waals surface area contributed by atoms with Crippen LogP contribution in [0.15, 0.2) is 18.2 Å². The standard InChI is InChI=1S/C15H22O3/c1-10(2)11-8-15(16,9-11)13-7-12(17-3)5-6-14(13)18-4/h5-7,10-11,16H,8-9H2,1-4H3. The molecule has 0 aromatic heterocycles. The molecule has 0 radical (unpaired) electrons. The van der Waals surface area contributed by atoms with E-state index in [1.165, 1.54) is 0 Å². The van der Waals surface area contributed by atoms with Crippen molar-refractivity contribution >= 4 is 0 Å². The van der Waals surface area contributed by atoms with E-state index in [1.54, 1.807) is 14.2 Å². The maximum absolute atomic E-state index is 10.7. The van der Waals surface area contributed by atoms with Crippen LogP contribution in [0, 0.1) is 11.8 Å². The zero-order valence-corrected chi connectivity index (χ0v) is 11.6. The summed E-state index contributed by atoms with van der Waals surface area (Å²) in [4.78, 5) is 0. The largest absolute Gasteiger partial charge is 0.497 e. The first-order chi connectivity index (χ1) is 8.50. The normalized spacial score (nSPS) is 26.9. The molecule has 0 spiro atoms. The van der Waals surface area contributed by atoms with Crippen molar-refractivity contribution in [3.05, 3.63) is 23.8 Å². The molecule has 1 aromatic rings. The monoisotopic (exact) mass is 250 g/mol. The second-order valence-electron chi connectivity index (χ2n) is 5.51. The van der Waals surface area contributed by atoms with Gasteiger partial charge in [0.1, 0.15) is 11.5 Å². The van der Waals surface area contributed by atoms with Crippen LogP contribution in [-0.4, -0.2) is 19.3 Å². The van der Waals surface area contributed by atoms with Crippen molar-refractivity contribution in [1.82, 2.24) is 0 Å². The quantitative estimate of drug-likeness (QED) is 0.893. The molecule has 0 saturated heterocycles. The van der Waals surface area contributed by atoms with Gasteiger partial charge in [0.25, 0.3) is 0 Å². The second kappa shape index (κ2) is 4.81. The van der Waals surface area contributed by atoms with Gasteiger partial charge in [-0.1, -0.05) is 13.8 Å². The first kappa shape index (κ1) is 13.2. The highest BCUT2D eigenvalue weighted by Crippen LogP contribution is 2.51. The molecule has 1 aliphatic rings. The van der Waals surface area contributed by atoms with Crippen LogP contribution in [0.25, 0.3) is 0 Å². The predicted octanol–water partition coefficient (Wildman–Crippen LogP) is 2.96. The Kier molecular flexibility index (Phi) is 3.53. The average Bonchev–Trinajstić information content (AvgIpc) is 2.33. The fourth-order valence-corrected chi connectivity index (χ4v) is 2.68. The Hall–Kier alpha value is -1.22. The molecule has 18 heavy (non-hydrogen) atoms. The minimum atomic E-state index is -0.755. The van der Waals surface area contributed by atoms with E-state index in [0.717, 1.165) is 29.9 Å². The lowest BCUT2D eigenvalue weighted by Crippen LogP contribution is -2.43. The zero-order chi connectivity index (χ0) is 13.3. The van der Waals surface area contributed by atoms with Crippen LogP contribution in [0.2, 0.25) is 0 Å². The molecule has 1 fully saturated rings. The van der Waals surface area contributed by atoms with E-state index in [9.17, 15) is 5.11 Å². The molecule has 100 valence electrons. The predicted molar refractivity (Wildman–Crippen MR) is 71.0 cm³/mol. The van der Waals surface area contributed by atoms with Crippen LogP contribution >= 0.6 is 0 Å². The Morgan fingerprint density at radius 3 is 2.39 bits per heavy atom. The Morgan fingerprint density at radius 1 is 1.22 bits per heavy atom. The van der Waals surface area contributed by atoms with Gasteiger partial charge in [0.05, 0.1) is 19.8 Å². The summed E-state index contributed by atoms with van der Waals surface area (Å²) in [5.74, 6) is 2.69. The lowest BCUT2D eigenvalue weighted by Gasteiger charge is -2.46. The third-order valence-corrected chi connectivity index (χ3v) is 4.05. The highest BCUT2D eigenvalue weighted by atomic mass is 16.5. The summed E-state index contributed by atoms with van der Waals surface area (Å²) in [7, 11) is 3.26. The van der Waals surface area contributed by atoms with Gasteiger partial charge in [-0.25, -0.2) is 0 Å². The SMILES string of the molecule is COc1ccc(OC)c(C2(O)CC(C(C)C)C2)c1. The first-order valence-electron chi connectivity index (χ1n) is 6.45. The summed E-state index contributed by atoms with van der Waals surface area (Å²) >= 11 is 0. The molecular formula is C15H22O3. The van der Waals surface area contributed by atoms with Gasteiger partial charge in [0, 0.05) is 5.56 Å². The van der Waals surface area contributed by atoms with Crippen molar-refractivity contribution in [1.29, 1.82) is 0 Å². The van der Waals surface area contributed by atoms with Gasteiger partial charge < -0.3 is 14.6 Å². The lowest BCUT2D eigenvalue weighted by atomic mass is 9.63. The van der Waals surface area contributed by atoms with Gasteiger partial charge in [-0.3, -0.25) is 0 Å². The summed E-state index contributed by atoms with van der Waals surface area (Å²) in [5, 5.41) is 10.7. The Balaban J connectivity index is 2.27. The molecular weight excluding hydrogens is 228 g/mol. The van der Waals surface area contributed by atoms with Crippen LogP contribution in [0.4, 0.5) is 0 Å². The number of benzene rings is 1. The molecule has 1 aliphatic carbocycles. The fraction of sp³-hybridized carbons (Fsp3) is 0.600. The molecule has 0 heterocycles. The maximum atomic E-state index is 10.7. The van der Waals surface area contributed by atoms with E-state index in [1.807, 2.05) is 18.2 Å². The number of methoxy groups -OCH3 is 2. The highest BCUT2D eigenvalue weighted by Gasteiger charge is 2.46. The van der Waals surface area contributed by atoms with Crippen molar-refractivity contribution in [2.24, 2.45) is 11.8 Å². The maximum Gasteiger partial charge on any atom is 0.125 e. The van der Waals surface area contributed by atoms with E-state index in [4.69, 9.17) is 9.47 Å². The van der Waals surface area contributed by atoms with Crippen molar-refractivity contribution in [3.63, 3.8) is 0 Å². The highest BCUT2D eigenvalue weighted by molar-refractivity contribution is 5.45. The average molecular weight is 250 g/mol. The molecule has 1 aromatic carbocycles. The molecule has 0 aliphatic heterocycles. The number of hydrogen-bond donors (Lipinski definition) is 1. The number of rotatable bonds is 4. The molecule has 0 atom stereocenters. The van der Waals surface area contributed by atoms with Gasteiger partial charge in [0.2, 0.25) is 0 Å². The van der Waals surface area contributed by atoms with Crippen LogP contribution in [0.3, 0.4) is 0 Å². The molecule has 3 heteroatoms. The molecule has 1 N–H and O–H groups in total. The van der Waals surface area contributed by atoms with Gasteiger partial charge in [0.15, 0.2) is 0 Å². The van der Waals surface area contributed by atoms with Crippen LogP contribution in [0.1, 0.15) is 32.3 Å². The lowest BCUT2D eigenvalue weighted by molar-refractivity contribution is -0.0946. The van der Waals surface area contributed by atoms with E-state index >= 15 is 0 Å². The van der Waals surface area contributed by atoms with E-state index in [-0.39, 0.29) is 0 Å². The van der Waals surface area contributed by atoms with Gasteiger partial charge in [-0.2, -0.15) is 0 Å². The summed E-state index contributed by atoms with van der Waals surface area (Å²) in [6.07, 6.45) is 1.60. The molecule has 3 nitrogen and oxygen atoms in total. The van der Waals surface area contributed by atoms with Crippen molar-refractivity contribution in [3.8, 4) is 11.5 Å². The number of ether oxygens (including phenoxy) is 2. The molecule has 2 rings (SSSR count). The third-order valence-electron chi connectivity index (χ3n) is 4.05. The molecule has 0 amide bonds.